The van der Waals surface area contributed by atoms with Crippen molar-refractivity contribution in [3.8, 4) is 0 Å². The van der Waals surface area contributed by atoms with Crippen LogP contribution < -0.4 is 21.3 Å². The number of aliphatic carboxylic acids is 2. The molecule has 0 aromatic heterocycles. The van der Waals surface area contributed by atoms with Crippen molar-refractivity contribution in [1.29, 1.82) is 0 Å². The van der Waals surface area contributed by atoms with Gasteiger partial charge in [0.1, 0.15) is 18.1 Å². The Labute approximate surface area is 172 Å². The lowest BCUT2D eigenvalue weighted by atomic mass is 10.1. The van der Waals surface area contributed by atoms with E-state index in [-0.39, 0.29) is 5.75 Å². The molecule has 0 aromatic rings. The fourth-order valence-electron chi connectivity index (χ4n) is 2.67. The molecule has 1 fully saturated rings. The maximum Gasteiger partial charge on any atom is 0.327 e. The predicted molar refractivity (Wildman–Crippen MR) is 102 cm³/mol. The zero-order chi connectivity index (χ0) is 22.1. The molecule has 29 heavy (non-hydrogen) atoms. The molecule has 0 radical (unpaired) electrons. The lowest BCUT2D eigenvalue weighted by Gasteiger charge is -2.25. The molecule has 5 unspecified atom stereocenters. The van der Waals surface area contributed by atoms with Crippen LogP contribution in [0.1, 0.15) is 26.2 Å². The van der Waals surface area contributed by atoms with Crippen LogP contribution in [0, 0.1) is 0 Å². The van der Waals surface area contributed by atoms with Crippen LogP contribution in [0.5, 0.6) is 0 Å². The smallest absolute Gasteiger partial charge is 0.327 e. The first kappa shape index (κ1) is 24.7. The van der Waals surface area contributed by atoms with Crippen molar-refractivity contribution >= 4 is 42.3 Å². The minimum atomic E-state index is -1.57. The van der Waals surface area contributed by atoms with Crippen molar-refractivity contribution in [2.75, 3.05) is 12.3 Å². The normalized spacial score (nSPS) is 20.0. The minimum Gasteiger partial charge on any atom is -0.481 e. The first-order chi connectivity index (χ1) is 13.6. The third-order valence-electron chi connectivity index (χ3n) is 4.25. The van der Waals surface area contributed by atoms with E-state index < -0.39 is 66.4 Å². The van der Waals surface area contributed by atoms with Crippen molar-refractivity contribution in [1.82, 2.24) is 21.3 Å². The summed E-state index contributed by atoms with van der Waals surface area (Å²) in [5.41, 5.74) is 0. The Morgan fingerprint density at radius 2 is 1.72 bits per heavy atom. The SMILES string of the molecule is CC(O)C(NC(=O)C(CC(=O)O)NC(=O)C1CCCN1)C(=O)NC(CS)C(=O)O. The van der Waals surface area contributed by atoms with Crippen LogP contribution in [-0.4, -0.2) is 87.5 Å². The third kappa shape index (κ3) is 7.87. The van der Waals surface area contributed by atoms with E-state index in [2.05, 4.69) is 33.9 Å². The Hall–Kier alpha value is -2.38. The van der Waals surface area contributed by atoms with E-state index in [1.54, 1.807) is 0 Å². The molecule has 0 saturated carbocycles. The van der Waals surface area contributed by atoms with Crippen LogP contribution in [0.4, 0.5) is 0 Å². The molecular weight excluding hydrogens is 408 g/mol. The molecule has 0 spiro atoms. The van der Waals surface area contributed by atoms with Crippen molar-refractivity contribution in [2.24, 2.45) is 0 Å². The molecule has 1 aliphatic heterocycles. The summed E-state index contributed by atoms with van der Waals surface area (Å²) in [7, 11) is 0. The van der Waals surface area contributed by atoms with Crippen LogP contribution in [0.25, 0.3) is 0 Å². The van der Waals surface area contributed by atoms with Gasteiger partial charge in [-0.2, -0.15) is 12.6 Å². The number of hydrogen-bond donors (Lipinski definition) is 8. The molecule has 7 N–H and O–H groups in total. The second kappa shape index (κ2) is 11.6. The highest BCUT2D eigenvalue weighted by molar-refractivity contribution is 7.80. The molecule has 1 rings (SSSR count). The molecular formula is C16H26N4O8S. The minimum absolute atomic E-state index is 0.229. The van der Waals surface area contributed by atoms with Gasteiger partial charge in [-0.15, -0.1) is 0 Å². The number of aliphatic hydroxyl groups is 1. The van der Waals surface area contributed by atoms with Crippen LogP contribution >= 0.6 is 12.6 Å². The monoisotopic (exact) mass is 434 g/mol. The fraction of sp³-hybridized carbons (Fsp3) is 0.688. The molecule has 1 saturated heterocycles. The quantitative estimate of drug-likeness (QED) is 0.157. The average molecular weight is 434 g/mol. The molecule has 1 heterocycles. The lowest BCUT2D eigenvalue weighted by molar-refractivity contribution is -0.143. The van der Waals surface area contributed by atoms with Gasteiger partial charge in [0, 0.05) is 5.75 Å². The van der Waals surface area contributed by atoms with Crippen LogP contribution in [0.15, 0.2) is 0 Å². The highest BCUT2D eigenvalue weighted by Crippen LogP contribution is 2.06. The second-order valence-electron chi connectivity index (χ2n) is 6.62. The van der Waals surface area contributed by atoms with Gasteiger partial charge >= 0.3 is 11.9 Å². The Morgan fingerprint density at radius 3 is 2.17 bits per heavy atom. The largest absolute Gasteiger partial charge is 0.481 e. The molecule has 164 valence electrons. The van der Waals surface area contributed by atoms with Gasteiger partial charge in [0.05, 0.1) is 18.6 Å². The maximum atomic E-state index is 12.5. The lowest BCUT2D eigenvalue weighted by Crippen LogP contribution is -2.60. The van der Waals surface area contributed by atoms with Gasteiger partial charge < -0.3 is 36.6 Å². The van der Waals surface area contributed by atoms with E-state index in [9.17, 15) is 29.1 Å². The summed E-state index contributed by atoms with van der Waals surface area (Å²) in [5, 5.41) is 37.4. The van der Waals surface area contributed by atoms with Gasteiger partial charge in [0.15, 0.2) is 0 Å². The molecule has 1 aliphatic rings. The number of thiol groups is 1. The van der Waals surface area contributed by atoms with E-state index in [0.717, 1.165) is 6.42 Å². The third-order valence-corrected chi connectivity index (χ3v) is 4.61. The average Bonchev–Trinajstić information content (AvgIpc) is 3.17. The number of carbonyl (C=O) groups excluding carboxylic acids is 3. The molecule has 3 amide bonds. The number of rotatable bonds is 11. The zero-order valence-corrected chi connectivity index (χ0v) is 16.6. The number of nitrogens with one attached hydrogen (secondary N) is 4. The number of carboxylic acid groups (broad SMARTS) is 2. The van der Waals surface area contributed by atoms with E-state index >= 15 is 0 Å². The summed E-state index contributed by atoms with van der Waals surface area (Å²) >= 11 is 3.81. The van der Waals surface area contributed by atoms with E-state index in [0.29, 0.717) is 13.0 Å². The number of hydrogen-bond acceptors (Lipinski definition) is 8. The van der Waals surface area contributed by atoms with Gasteiger partial charge in [0.25, 0.3) is 0 Å². The number of carbonyl (C=O) groups is 5. The van der Waals surface area contributed by atoms with Gasteiger partial charge in [-0.3, -0.25) is 19.2 Å². The van der Waals surface area contributed by atoms with Gasteiger partial charge in [-0.25, -0.2) is 4.79 Å². The zero-order valence-electron chi connectivity index (χ0n) is 15.8. The number of carboxylic acids is 2. The van der Waals surface area contributed by atoms with E-state index in [1.165, 1.54) is 6.92 Å². The summed E-state index contributed by atoms with van der Waals surface area (Å²) < 4.78 is 0. The highest BCUT2D eigenvalue weighted by Gasteiger charge is 2.34. The van der Waals surface area contributed by atoms with Gasteiger partial charge in [0.2, 0.25) is 17.7 Å². The van der Waals surface area contributed by atoms with Crippen LogP contribution in [0.2, 0.25) is 0 Å². The Morgan fingerprint density at radius 1 is 1.07 bits per heavy atom. The molecule has 5 atom stereocenters. The van der Waals surface area contributed by atoms with E-state index in [4.69, 9.17) is 10.2 Å². The van der Waals surface area contributed by atoms with Gasteiger partial charge in [-0.1, -0.05) is 0 Å². The fourth-order valence-corrected chi connectivity index (χ4v) is 2.92. The Kier molecular flexibility index (Phi) is 9.85. The summed E-state index contributed by atoms with van der Waals surface area (Å²) in [5.74, 6) is -5.49. The topological polar surface area (TPSA) is 194 Å². The molecule has 0 aromatic carbocycles. The highest BCUT2D eigenvalue weighted by atomic mass is 32.1. The van der Waals surface area contributed by atoms with Crippen molar-refractivity contribution < 1.29 is 39.3 Å². The van der Waals surface area contributed by atoms with Crippen molar-refractivity contribution in [3.63, 3.8) is 0 Å². The van der Waals surface area contributed by atoms with Crippen molar-refractivity contribution in [3.05, 3.63) is 0 Å². The molecule has 0 bridgehead atoms. The Balaban J connectivity index is 2.86. The second-order valence-corrected chi connectivity index (χ2v) is 6.98. The predicted octanol–water partition coefficient (Wildman–Crippen LogP) is -2.94. The van der Waals surface area contributed by atoms with E-state index in [1.807, 2.05) is 0 Å². The summed E-state index contributed by atoms with van der Waals surface area (Å²) in [6.07, 6.45) is -0.876. The van der Waals surface area contributed by atoms with Crippen molar-refractivity contribution in [2.45, 2.75) is 56.5 Å². The molecule has 0 aliphatic carbocycles. The Bertz CT molecular complexity index is 638. The standard InChI is InChI=1S/C16H26N4O8S/c1-7(21)12(15(26)19-10(6-29)16(27)28)20-14(25)9(5-11(22)23)18-13(24)8-3-2-4-17-8/h7-10,12,17,21,29H,2-6H2,1H3,(H,18,24)(H,19,26)(H,20,25)(H,22,23)(H,27,28). The summed E-state index contributed by atoms with van der Waals surface area (Å²) in [6, 6.07) is -4.97. The first-order valence-electron chi connectivity index (χ1n) is 8.94. The molecule has 12 nitrogen and oxygen atoms in total. The van der Waals surface area contributed by atoms with Crippen LogP contribution in [0.3, 0.4) is 0 Å². The van der Waals surface area contributed by atoms with Crippen LogP contribution in [-0.2, 0) is 24.0 Å². The maximum absolute atomic E-state index is 12.5. The number of amides is 3. The summed E-state index contributed by atoms with van der Waals surface area (Å²) in [6.45, 7) is 1.81. The number of aliphatic hydroxyl groups excluding tert-OH is 1. The first-order valence-corrected chi connectivity index (χ1v) is 9.58. The summed E-state index contributed by atoms with van der Waals surface area (Å²) in [4.78, 5) is 59.1. The van der Waals surface area contributed by atoms with Gasteiger partial charge in [-0.05, 0) is 26.3 Å². The molecule has 13 heteroatoms.